The van der Waals surface area contributed by atoms with Crippen molar-refractivity contribution in [2.45, 2.75) is 45.3 Å². The van der Waals surface area contributed by atoms with Gasteiger partial charge in [0.15, 0.2) is 0 Å². The van der Waals surface area contributed by atoms with Gasteiger partial charge in [-0.2, -0.15) is 0 Å². The number of ether oxygens (including phenoxy) is 1. The highest BCUT2D eigenvalue weighted by Gasteiger charge is 2.27. The van der Waals surface area contributed by atoms with Crippen LogP contribution in [0.5, 0.6) is 5.75 Å². The Kier molecular flexibility index (Phi) is 3.50. The van der Waals surface area contributed by atoms with Gasteiger partial charge in [-0.25, -0.2) is 0 Å². The molecule has 0 aromatic heterocycles. The fraction of sp³-hybridized carbons (Fsp3) is 0.368. The molecule has 1 aliphatic rings. The Morgan fingerprint density at radius 2 is 1.57 bits per heavy atom. The maximum Gasteiger partial charge on any atom is 0.119 e. The van der Waals surface area contributed by atoms with E-state index in [4.69, 9.17) is 4.74 Å². The highest BCUT2D eigenvalue weighted by Crippen LogP contribution is 2.32. The van der Waals surface area contributed by atoms with Crippen LogP contribution in [0.25, 0.3) is 0 Å². The van der Waals surface area contributed by atoms with Gasteiger partial charge in [0.25, 0.3) is 0 Å². The minimum Gasteiger partial charge on any atom is -0.490 e. The molecule has 1 unspecified atom stereocenters. The lowest BCUT2D eigenvalue weighted by atomic mass is 9.87. The second-order valence-corrected chi connectivity index (χ2v) is 6.21. The van der Waals surface area contributed by atoms with Crippen molar-refractivity contribution in [1.82, 2.24) is 0 Å². The molecule has 1 aliphatic carbocycles. The highest BCUT2D eigenvalue weighted by molar-refractivity contribution is 5.41. The predicted octanol–water partition coefficient (Wildman–Crippen LogP) is 4.10. The number of hydrogen-bond acceptors (Lipinski definition) is 2. The van der Waals surface area contributed by atoms with Gasteiger partial charge in [-0.15, -0.1) is 0 Å². The molecule has 21 heavy (non-hydrogen) atoms. The van der Waals surface area contributed by atoms with Crippen molar-refractivity contribution in [2.75, 3.05) is 0 Å². The van der Waals surface area contributed by atoms with Crippen LogP contribution in [0.4, 0.5) is 0 Å². The zero-order valence-corrected chi connectivity index (χ0v) is 12.9. The Bertz CT molecular complexity index is 637. The predicted molar refractivity (Wildman–Crippen MR) is 84.7 cm³/mol. The molecule has 0 heterocycles. The SMILES string of the molecule is Cc1ccc(C(C)(O)c2ccc(OC3CC3)cc2)cc1C. The number of hydrogen-bond donors (Lipinski definition) is 1. The van der Waals surface area contributed by atoms with E-state index < -0.39 is 5.60 Å². The van der Waals surface area contributed by atoms with Crippen molar-refractivity contribution in [3.63, 3.8) is 0 Å². The summed E-state index contributed by atoms with van der Waals surface area (Å²) < 4.78 is 5.75. The summed E-state index contributed by atoms with van der Waals surface area (Å²) in [5, 5.41) is 10.9. The van der Waals surface area contributed by atoms with Gasteiger partial charge in [0.05, 0.1) is 6.10 Å². The molecule has 0 amide bonds. The molecule has 2 aromatic rings. The van der Waals surface area contributed by atoms with Crippen LogP contribution in [0.3, 0.4) is 0 Å². The average molecular weight is 282 g/mol. The molecule has 110 valence electrons. The van der Waals surface area contributed by atoms with Crippen molar-refractivity contribution in [1.29, 1.82) is 0 Å². The molecule has 2 heteroatoms. The molecule has 0 aliphatic heterocycles. The fourth-order valence-corrected chi connectivity index (χ4v) is 2.45. The summed E-state index contributed by atoms with van der Waals surface area (Å²) in [4.78, 5) is 0. The topological polar surface area (TPSA) is 29.5 Å². The summed E-state index contributed by atoms with van der Waals surface area (Å²) in [5.41, 5.74) is 3.25. The first kappa shape index (κ1) is 14.2. The maximum absolute atomic E-state index is 10.9. The first-order valence-corrected chi connectivity index (χ1v) is 7.54. The molecular weight excluding hydrogens is 260 g/mol. The van der Waals surface area contributed by atoms with Crippen LogP contribution >= 0.6 is 0 Å². The van der Waals surface area contributed by atoms with Gasteiger partial charge < -0.3 is 9.84 Å². The Morgan fingerprint density at radius 3 is 2.14 bits per heavy atom. The van der Waals surface area contributed by atoms with Crippen LogP contribution in [-0.2, 0) is 5.60 Å². The lowest BCUT2D eigenvalue weighted by Gasteiger charge is -2.25. The zero-order valence-electron chi connectivity index (χ0n) is 12.9. The maximum atomic E-state index is 10.9. The lowest BCUT2D eigenvalue weighted by molar-refractivity contribution is 0.102. The Labute approximate surface area is 126 Å². The van der Waals surface area contributed by atoms with E-state index in [0.717, 1.165) is 29.7 Å². The summed E-state index contributed by atoms with van der Waals surface area (Å²) in [7, 11) is 0. The molecular formula is C19H22O2. The molecule has 0 saturated heterocycles. The van der Waals surface area contributed by atoms with E-state index in [1.54, 1.807) is 0 Å². The second-order valence-electron chi connectivity index (χ2n) is 6.21. The Hall–Kier alpha value is -1.80. The third kappa shape index (κ3) is 2.96. The molecule has 0 spiro atoms. The van der Waals surface area contributed by atoms with E-state index in [-0.39, 0.29) is 0 Å². The molecule has 3 rings (SSSR count). The van der Waals surface area contributed by atoms with E-state index >= 15 is 0 Å². The van der Waals surface area contributed by atoms with Crippen LogP contribution in [0.2, 0.25) is 0 Å². The van der Waals surface area contributed by atoms with E-state index in [9.17, 15) is 5.11 Å². The fourth-order valence-electron chi connectivity index (χ4n) is 2.45. The third-order valence-electron chi connectivity index (χ3n) is 4.31. The van der Waals surface area contributed by atoms with Gasteiger partial charge >= 0.3 is 0 Å². The first-order chi connectivity index (χ1) is 9.96. The molecule has 1 N–H and O–H groups in total. The standard InChI is InChI=1S/C19H22O2/c1-13-4-5-16(12-14(13)2)19(3,20)15-6-8-17(9-7-15)21-18-10-11-18/h4-9,12,18,20H,10-11H2,1-3H3. The van der Waals surface area contributed by atoms with Crippen molar-refractivity contribution in [2.24, 2.45) is 0 Å². The number of rotatable bonds is 4. The summed E-state index contributed by atoms with van der Waals surface area (Å²) in [6.07, 6.45) is 2.71. The average Bonchev–Trinajstić information content (AvgIpc) is 3.26. The Morgan fingerprint density at radius 1 is 0.952 bits per heavy atom. The van der Waals surface area contributed by atoms with Gasteiger partial charge in [-0.3, -0.25) is 0 Å². The summed E-state index contributed by atoms with van der Waals surface area (Å²) >= 11 is 0. The van der Waals surface area contributed by atoms with Gasteiger partial charge in [-0.1, -0.05) is 30.3 Å². The van der Waals surface area contributed by atoms with Crippen LogP contribution in [-0.4, -0.2) is 11.2 Å². The quantitative estimate of drug-likeness (QED) is 0.914. The molecule has 0 radical (unpaired) electrons. The largest absolute Gasteiger partial charge is 0.490 e. The molecule has 1 fully saturated rings. The van der Waals surface area contributed by atoms with Gasteiger partial charge in [0, 0.05) is 0 Å². The van der Waals surface area contributed by atoms with Crippen molar-refractivity contribution in [3.05, 3.63) is 64.7 Å². The summed E-state index contributed by atoms with van der Waals surface area (Å²) in [6.45, 7) is 5.99. The number of aryl methyl sites for hydroxylation is 2. The zero-order chi connectivity index (χ0) is 15.0. The smallest absolute Gasteiger partial charge is 0.119 e. The van der Waals surface area contributed by atoms with Gasteiger partial charge in [-0.05, 0) is 68.0 Å². The van der Waals surface area contributed by atoms with Crippen molar-refractivity contribution in [3.8, 4) is 5.75 Å². The second kappa shape index (κ2) is 5.19. The van der Waals surface area contributed by atoms with Gasteiger partial charge in [0.1, 0.15) is 11.4 Å². The molecule has 2 aromatic carbocycles. The van der Waals surface area contributed by atoms with E-state index in [1.807, 2.05) is 37.3 Å². The third-order valence-corrected chi connectivity index (χ3v) is 4.31. The normalized spacial score (nSPS) is 17.3. The van der Waals surface area contributed by atoms with Crippen LogP contribution in [0, 0.1) is 13.8 Å². The summed E-state index contributed by atoms with van der Waals surface area (Å²) in [5.74, 6) is 0.886. The molecule has 0 bridgehead atoms. The van der Waals surface area contributed by atoms with Crippen LogP contribution in [0.15, 0.2) is 42.5 Å². The van der Waals surface area contributed by atoms with Crippen LogP contribution in [0.1, 0.15) is 42.0 Å². The van der Waals surface area contributed by atoms with Crippen molar-refractivity contribution < 1.29 is 9.84 Å². The highest BCUT2D eigenvalue weighted by atomic mass is 16.5. The monoisotopic (exact) mass is 282 g/mol. The number of aliphatic hydroxyl groups is 1. The first-order valence-electron chi connectivity index (χ1n) is 7.54. The lowest BCUT2D eigenvalue weighted by Crippen LogP contribution is -2.22. The van der Waals surface area contributed by atoms with E-state index in [1.165, 1.54) is 11.1 Å². The minimum atomic E-state index is -0.990. The van der Waals surface area contributed by atoms with E-state index in [0.29, 0.717) is 6.10 Å². The van der Waals surface area contributed by atoms with Crippen molar-refractivity contribution >= 4 is 0 Å². The minimum absolute atomic E-state index is 0.399. The van der Waals surface area contributed by atoms with E-state index in [2.05, 4.69) is 26.0 Å². The van der Waals surface area contributed by atoms with Gasteiger partial charge in [0.2, 0.25) is 0 Å². The molecule has 1 saturated carbocycles. The van der Waals surface area contributed by atoms with Crippen LogP contribution < -0.4 is 4.74 Å². The number of benzene rings is 2. The Balaban J connectivity index is 1.87. The summed E-state index contributed by atoms with van der Waals surface area (Å²) in [6, 6.07) is 13.9. The molecule has 1 atom stereocenters. The molecule has 2 nitrogen and oxygen atoms in total.